The van der Waals surface area contributed by atoms with E-state index < -0.39 is 0 Å². The molecule has 1 fully saturated rings. The highest BCUT2D eigenvalue weighted by atomic mass is 16.2. The fourth-order valence-electron chi connectivity index (χ4n) is 4.01. The van der Waals surface area contributed by atoms with Crippen LogP contribution in [-0.4, -0.2) is 47.5 Å². The first-order valence-corrected chi connectivity index (χ1v) is 10.3. The van der Waals surface area contributed by atoms with Crippen LogP contribution in [0.3, 0.4) is 0 Å². The highest BCUT2D eigenvalue weighted by Gasteiger charge is 2.29. The molecule has 2 N–H and O–H groups in total. The minimum Gasteiger partial charge on any atom is -0.372 e. The number of likely N-dealkylation sites (tertiary alicyclic amines) is 1. The summed E-state index contributed by atoms with van der Waals surface area (Å²) in [5, 5.41) is 0. The summed E-state index contributed by atoms with van der Waals surface area (Å²) in [6.07, 6.45) is 4.13. The summed E-state index contributed by atoms with van der Waals surface area (Å²) in [6.45, 7) is 7.17. The summed E-state index contributed by atoms with van der Waals surface area (Å²) in [7, 11) is 2.03. The lowest BCUT2D eigenvalue weighted by atomic mass is 10.1. The number of rotatable bonds is 7. The van der Waals surface area contributed by atoms with Gasteiger partial charge in [0.15, 0.2) is 0 Å². The van der Waals surface area contributed by atoms with Crippen LogP contribution in [0.5, 0.6) is 0 Å². The first kappa shape index (κ1) is 20.9. The number of aromatic nitrogens is 1. The van der Waals surface area contributed by atoms with E-state index in [-0.39, 0.29) is 24.4 Å². The van der Waals surface area contributed by atoms with Gasteiger partial charge in [-0.1, -0.05) is 0 Å². The van der Waals surface area contributed by atoms with Crippen LogP contribution in [0.15, 0.2) is 42.6 Å². The number of hydrogen-bond acceptors (Lipinski definition) is 4. The van der Waals surface area contributed by atoms with Crippen LogP contribution in [-0.2, 0) is 11.8 Å². The molecule has 3 rings (SSSR count). The van der Waals surface area contributed by atoms with E-state index in [1.165, 1.54) is 5.69 Å². The van der Waals surface area contributed by atoms with E-state index in [9.17, 15) is 9.59 Å². The zero-order chi connectivity index (χ0) is 20.8. The summed E-state index contributed by atoms with van der Waals surface area (Å²) < 4.78 is 2.10. The van der Waals surface area contributed by atoms with Gasteiger partial charge in [-0.3, -0.25) is 25.3 Å². The van der Waals surface area contributed by atoms with E-state index in [1.807, 2.05) is 31.4 Å². The van der Waals surface area contributed by atoms with E-state index in [1.54, 1.807) is 12.1 Å². The van der Waals surface area contributed by atoms with Gasteiger partial charge in [-0.2, -0.15) is 0 Å². The quantitative estimate of drug-likeness (QED) is 0.705. The third-order valence-corrected chi connectivity index (χ3v) is 5.61. The average Bonchev–Trinajstić information content (AvgIpc) is 3.36. The lowest BCUT2D eigenvalue weighted by Crippen LogP contribution is -2.46. The summed E-state index contributed by atoms with van der Waals surface area (Å²) in [5.41, 5.74) is 7.89. The van der Waals surface area contributed by atoms with Gasteiger partial charge in [0.25, 0.3) is 11.8 Å². The molecule has 2 aromatic rings. The molecule has 0 unspecified atom stereocenters. The van der Waals surface area contributed by atoms with Crippen molar-refractivity contribution in [1.82, 2.24) is 20.3 Å². The average molecular weight is 398 g/mol. The molecule has 1 atom stereocenters. The van der Waals surface area contributed by atoms with Gasteiger partial charge in [0.2, 0.25) is 0 Å². The molecule has 0 bridgehead atoms. The first-order valence-electron chi connectivity index (χ1n) is 10.3. The van der Waals surface area contributed by atoms with Crippen molar-refractivity contribution >= 4 is 17.5 Å². The minimum absolute atomic E-state index is 0.209. The number of carbonyl (C=O) groups excluding carboxylic acids is 2. The highest BCUT2D eigenvalue weighted by molar-refractivity contribution is 5.95. The van der Waals surface area contributed by atoms with Gasteiger partial charge in [0.05, 0.1) is 12.6 Å². The molecule has 2 amide bonds. The zero-order valence-electron chi connectivity index (χ0n) is 17.5. The molecule has 29 heavy (non-hydrogen) atoms. The molecule has 156 valence electrons. The zero-order valence-corrected chi connectivity index (χ0v) is 17.5. The number of nitrogens with one attached hydrogen (secondary N) is 2. The molecule has 1 saturated heterocycles. The summed E-state index contributed by atoms with van der Waals surface area (Å²) in [4.78, 5) is 29.1. The number of carbonyl (C=O) groups is 2. The van der Waals surface area contributed by atoms with E-state index in [0.29, 0.717) is 5.56 Å². The topological polar surface area (TPSA) is 69.6 Å². The van der Waals surface area contributed by atoms with Gasteiger partial charge in [-0.15, -0.1) is 0 Å². The number of hydrazine groups is 1. The monoisotopic (exact) mass is 397 g/mol. The fourth-order valence-corrected chi connectivity index (χ4v) is 4.01. The van der Waals surface area contributed by atoms with E-state index in [0.717, 1.165) is 38.2 Å². The van der Waals surface area contributed by atoms with Gasteiger partial charge >= 0.3 is 0 Å². The van der Waals surface area contributed by atoms with Crippen molar-refractivity contribution in [2.45, 2.75) is 32.7 Å². The van der Waals surface area contributed by atoms with E-state index in [4.69, 9.17) is 0 Å². The number of anilines is 1. The van der Waals surface area contributed by atoms with Crippen molar-refractivity contribution in [2.24, 2.45) is 7.05 Å². The molecule has 2 heterocycles. The van der Waals surface area contributed by atoms with Crippen LogP contribution in [0.2, 0.25) is 0 Å². The molecule has 0 spiro atoms. The fraction of sp³-hybridized carbons (Fsp3) is 0.455. The molecule has 7 heteroatoms. The van der Waals surface area contributed by atoms with Crippen LogP contribution in [0.4, 0.5) is 5.69 Å². The lowest BCUT2D eigenvalue weighted by molar-refractivity contribution is -0.123. The van der Waals surface area contributed by atoms with Crippen LogP contribution in [0.1, 0.15) is 48.8 Å². The van der Waals surface area contributed by atoms with Crippen molar-refractivity contribution in [2.75, 3.05) is 31.1 Å². The molecule has 1 aromatic carbocycles. The second kappa shape index (κ2) is 9.60. The maximum absolute atomic E-state index is 12.4. The summed E-state index contributed by atoms with van der Waals surface area (Å²) in [5.74, 6) is -0.524. The predicted octanol–water partition coefficient (Wildman–Crippen LogP) is 2.47. The SMILES string of the molecule is CCN(CC)c1ccc(C(=O)NNC(=O)CN2CCC[C@@H]2c2cccn2C)cc1. The Morgan fingerprint density at radius 2 is 1.83 bits per heavy atom. The van der Waals surface area contributed by atoms with Crippen LogP contribution >= 0.6 is 0 Å². The smallest absolute Gasteiger partial charge is 0.269 e. The minimum atomic E-state index is -0.315. The second-order valence-corrected chi connectivity index (χ2v) is 7.39. The molecule has 1 aliphatic rings. The Morgan fingerprint density at radius 1 is 1.10 bits per heavy atom. The summed E-state index contributed by atoms with van der Waals surface area (Å²) >= 11 is 0. The second-order valence-electron chi connectivity index (χ2n) is 7.39. The molecular weight excluding hydrogens is 366 g/mol. The molecule has 1 aliphatic heterocycles. The van der Waals surface area contributed by atoms with Crippen molar-refractivity contribution in [1.29, 1.82) is 0 Å². The molecular formula is C22H31N5O2. The van der Waals surface area contributed by atoms with Crippen LogP contribution in [0.25, 0.3) is 0 Å². The first-order chi connectivity index (χ1) is 14.0. The van der Waals surface area contributed by atoms with Crippen molar-refractivity contribution < 1.29 is 9.59 Å². The van der Waals surface area contributed by atoms with Crippen molar-refractivity contribution in [3.63, 3.8) is 0 Å². The number of benzene rings is 1. The van der Waals surface area contributed by atoms with E-state index >= 15 is 0 Å². The summed E-state index contributed by atoms with van der Waals surface area (Å²) in [6, 6.07) is 11.8. The van der Waals surface area contributed by atoms with Gasteiger partial charge in [-0.25, -0.2) is 0 Å². The maximum Gasteiger partial charge on any atom is 0.269 e. The Balaban J connectivity index is 1.51. The number of nitrogens with zero attached hydrogens (tertiary/aromatic N) is 3. The molecule has 0 radical (unpaired) electrons. The predicted molar refractivity (Wildman–Crippen MR) is 115 cm³/mol. The Bertz CT molecular complexity index is 826. The number of amides is 2. The largest absolute Gasteiger partial charge is 0.372 e. The Hall–Kier alpha value is -2.80. The Morgan fingerprint density at radius 3 is 2.45 bits per heavy atom. The van der Waals surface area contributed by atoms with Gasteiger partial charge < -0.3 is 9.47 Å². The molecule has 0 saturated carbocycles. The standard InChI is InChI=1S/C22H31N5O2/c1-4-26(5-2)18-12-10-17(11-13-18)22(29)24-23-21(28)16-27-15-7-9-20(27)19-8-6-14-25(19)3/h6,8,10-14,20H,4-5,7,9,15-16H2,1-3H3,(H,23,28)(H,24,29)/t20-/m1/s1. The number of aryl methyl sites for hydroxylation is 1. The van der Waals surface area contributed by atoms with E-state index in [2.05, 4.69) is 45.1 Å². The number of hydrogen-bond donors (Lipinski definition) is 2. The van der Waals surface area contributed by atoms with Crippen molar-refractivity contribution in [3.8, 4) is 0 Å². The van der Waals surface area contributed by atoms with Crippen molar-refractivity contribution in [3.05, 3.63) is 53.9 Å². The third-order valence-electron chi connectivity index (χ3n) is 5.61. The van der Waals surface area contributed by atoms with Crippen LogP contribution < -0.4 is 15.8 Å². The van der Waals surface area contributed by atoms with Crippen LogP contribution in [0, 0.1) is 0 Å². The Kier molecular flexibility index (Phi) is 6.93. The van der Waals surface area contributed by atoms with Gasteiger partial charge in [-0.05, 0) is 69.6 Å². The lowest BCUT2D eigenvalue weighted by Gasteiger charge is -2.24. The maximum atomic E-state index is 12.4. The normalized spacial score (nSPS) is 16.6. The highest BCUT2D eigenvalue weighted by Crippen LogP contribution is 2.31. The van der Waals surface area contributed by atoms with Gasteiger partial charge in [0, 0.05) is 43.3 Å². The molecule has 7 nitrogen and oxygen atoms in total. The molecule has 1 aromatic heterocycles. The third kappa shape index (κ3) is 4.98. The molecule has 0 aliphatic carbocycles. The van der Waals surface area contributed by atoms with Gasteiger partial charge in [0.1, 0.15) is 0 Å². The Labute approximate surface area is 172 Å².